The highest BCUT2D eigenvalue weighted by molar-refractivity contribution is 5.87. The molecule has 0 atom stereocenters. The lowest BCUT2D eigenvalue weighted by Gasteiger charge is -2.03. The van der Waals surface area contributed by atoms with Crippen molar-refractivity contribution in [3.63, 3.8) is 0 Å². The van der Waals surface area contributed by atoms with E-state index in [-0.39, 0.29) is 5.56 Å². The Labute approximate surface area is 97.9 Å². The summed E-state index contributed by atoms with van der Waals surface area (Å²) in [6.07, 6.45) is 1.63. The predicted molar refractivity (Wildman–Crippen MR) is 61.7 cm³/mol. The summed E-state index contributed by atoms with van der Waals surface area (Å²) < 4.78 is 1.63. The molecule has 0 spiro atoms. The zero-order valence-corrected chi connectivity index (χ0v) is 9.29. The molecule has 0 aliphatic heterocycles. The summed E-state index contributed by atoms with van der Waals surface area (Å²) in [5.74, 6) is -0.238. The minimum absolute atomic E-state index is 0.270. The van der Waals surface area contributed by atoms with Gasteiger partial charge in [-0.05, 0) is 24.3 Å². The van der Waals surface area contributed by atoms with Crippen LogP contribution in [-0.2, 0) is 13.6 Å². The molecule has 0 saturated carbocycles. The number of aromatic carboxylic acids is 1. The highest BCUT2D eigenvalue weighted by atomic mass is 16.4. The molecule has 1 aromatic carbocycles. The Kier molecular flexibility index (Phi) is 3.04. The van der Waals surface area contributed by atoms with Gasteiger partial charge in [0.25, 0.3) is 0 Å². The number of aromatic nitrogens is 3. The van der Waals surface area contributed by atoms with E-state index in [1.165, 1.54) is 0 Å². The Morgan fingerprint density at radius 3 is 2.65 bits per heavy atom. The van der Waals surface area contributed by atoms with E-state index < -0.39 is 5.97 Å². The lowest BCUT2D eigenvalue weighted by molar-refractivity contribution is 0.0697. The summed E-state index contributed by atoms with van der Waals surface area (Å²) >= 11 is 0. The van der Waals surface area contributed by atoms with E-state index in [4.69, 9.17) is 5.11 Å². The van der Waals surface area contributed by atoms with Crippen LogP contribution in [0.15, 0.2) is 30.6 Å². The molecule has 0 bridgehead atoms. The van der Waals surface area contributed by atoms with Gasteiger partial charge in [0.05, 0.1) is 12.1 Å². The van der Waals surface area contributed by atoms with Crippen molar-refractivity contribution in [2.45, 2.75) is 6.54 Å². The second kappa shape index (κ2) is 4.65. The fourth-order valence-electron chi connectivity index (χ4n) is 1.38. The molecule has 0 fully saturated rings. The third-order valence-electron chi connectivity index (χ3n) is 2.23. The first-order chi connectivity index (χ1) is 8.15. The SMILES string of the molecule is Cn1cnc(CNc2ccc(C(=O)O)cc2)n1. The van der Waals surface area contributed by atoms with Crippen molar-refractivity contribution in [3.8, 4) is 0 Å². The Bertz CT molecular complexity index is 519. The molecule has 2 aromatic rings. The number of aryl methyl sites for hydroxylation is 1. The average Bonchev–Trinajstić information content (AvgIpc) is 2.73. The molecule has 0 aliphatic rings. The van der Waals surface area contributed by atoms with E-state index in [9.17, 15) is 4.79 Å². The Balaban J connectivity index is 1.97. The van der Waals surface area contributed by atoms with Gasteiger partial charge >= 0.3 is 5.97 Å². The van der Waals surface area contributed by atoms with Gasteiger partial charge in [-0.15, -0.1) is 0 Å². The molecule has 0 unspecified atom stereocenters. The molecule has 6 nitrogen and oxygen atoms in total. The number of hydrogen-bond donors (Lipinski definition) is 2. The largest absolute Gasteiger partial charge is 0.478 e. The van der Waals surface area contributed by atoms with Crippen LogP contribution in [0.25, 0.3) is 0 Å². The molecule has 2 N–H and O–H groups in total. The number of carbonyl (C=O) groups is 1. The summed E-state index contributed by atoms with van der Waals surface area (Å²) in [5.41, 5.74) is 1.11. The number of nitrogens with zero attached hydrogens (tertiary/aromatic N) is 3. The molecule has 17 heavy (non-hydrogen) atoms. The normalized spacial score (nSPS) is 10.2. The van der Waals surface area contributed by atoms with Gasteiger partial charge in [0.2, 0.25) is 0 Å². The topological polar surface area (TPSA) is 80.0 Å². The number of carboxylic acid groups (broad SMARTS) is 1. The second-order valence-corrected chi connectivity index (χ2v) is 3.57. The summed E-state index contributed by atoms with van der Waals surface area (Å²) in [7, 11) is 1.80. The van der Waals surface area contributed by atoms with Crippen molar-refractivity contribution in [1.82, 2.24) is 14.8 Å². The lowest BCUT2D eigenvalue weighted by atomic mass is 10.2. The molecule has 0 amide bonds. The third kappa shape index (κ3) is 2.81. The lowest BCUT2D eigenvalue weighted by Crippen LogP contribution is -2.03. The minimum atomic E-state index is -0.928. The van der Waals surface area contributed by atoms with Crippen molar-refractivity contribution in [2.24, 2.45) is 7.05 Å². The molecular weight excluding hydrogens is 220 g/mol. The Morgan fingerprint density at radius 2 is 2.12 bits per heavy atom. The van der Waals surface area contributed by atoms with Crippen LogP contribution in [-0.4, -0.2) is 25.8 Å². The second-order valence-electron chi connectivity index (χ2n) is 3.57. The van der Waals surface area contributed by atoms with Crippen LogP contribution in [0.1, 0.15) is 16.2 Å². The van der Waals surface area contributed by atoms with Gasteiger partial charge in [-0.1, -0.05) is 0 Å². The quantitative estimate of drug-likeness (QED) is 0.825. The maximum Gasteiger partial charge on any atom is 0.335 e. The van der Waals surface area contributed by atoms with Gasteiger partial charge in [-0.3, -0.25) is 4.68 Å². The molecule has 0 radical (unpaired) electrons. The average molecular weight is 232 g/mol. The van der Waals surface area contributed by atoms with E-state index in [1.807, 2.05) is 0 Å². The first-order valence-corrected chi connectivity index (χ1v) is 5.07. The van der Waals surface area contributed by atoms with E-state index in [0.717, 1.165) is 5.69 Å². The maximum absolute atomic E-state index is 10.7. The van der Waals surface area contributed by atoms with Crippen LogP contribution in [0.5, 0.6) is 0 Å². The summed E-state index contributed by atoms with van der Waals surface area (Å²) in [6, 6.07) is 6.53. The fourth-order valence-corrected chi connectivity index (χ4v) is 1.38. The molecule has 88 valence electrons. The van der Waals surface area contributed by atoms with Gasteiger partial charge in [-0.2, -0.15) is 5.10 Å². The van der Waals surface area contributed by atoms with Crippen LogP contribution in [0.4, 0.5) is 5.69 Å². The van der Waals surface area contributed by atoms with Crippen molar-refractivity contribution in [2.75, 3.05) is 5.32 Å². The molecular formula is C11H12N4O2. The standard InChI is InChI=1S/C11H12N4O2/c1-15-7-13-10(14-15)6-12-9-4-2-8(3-5-9)11(16)17/h2-5,7,12H,6H2,1H3,(H,16,17). The number of benzene rings is 1. The zero-order chi connectivity index (χ0) is 12.3. The first-order valence-electron chi connectivity index (χ1n) is 5.07. The summed E-state index contributed by atoms with van der Waals surface area (Å²) in [6.45, 7) is 0.507. The van der Waals surface area contributed by atoms with Crippen LogP contribution < -0.4 is 5.32 Å². The zero-order valence-electron chi connectivity index (χ0n) is 9.29. The first kappa shape index (κ1) is 11.1. The minimum Gasteiger partial charge on any atom is -0.478 e. The number of anilines is 1. The fraction of sp³-hybridized carbons (Fsp3) is 0.182. The predicted octanol–water partition coefficient (Wildman–Crippen LogP) is 1.13. The summed E-state index contributed by atoms with van der Waals surface area (Å²) in [5, 5.41) is 16.0. The van der Waals surface area contributed by atoms with E-state index >= 15 is 0 Å². The van der Waals surface area contributed by atoms with Crippen molar-refractivity contribution in [3.05, 3.63) is 42.0 Å². The van der Waals surface area contributed by atoms with Crippen LogP contribution in [0, 0.1) is 0 Å². The Hall–Kier alpha value is -2.37. The Morgan fingerprint density at radius 1 is 1.41 bits per heavy atom. The van der Waals surface area contributed by atoms with Gasteiger partial charge in [0.1, 0.15) is 6.33 Å². The third-order valence-corrected chi connectivity index (χ3v) is 2.23. The highest BCUT2D eigenvalue weighted by Crippen LogP contribution is 2.10. The highest BCUT2D eigenvalue weighted by Gasteiger charge is 2.02. The molecule has 1 heterocycles. The molecule has 0 aliphatic carbocycles. The molecule has 2 rings (SSSR count). The van der Waals surface area contributed by atoms with Crippen molar-refractivity contribution < 1.29 is 9.90 Å². The number of hydrogen-bond acceptors (Lipinski definition) is 4. The van der Waals surface area contributed by atoms with Gasteiger partial charge in [0, 0.05) is 12.7 Å². The number of rotatable bonds is 4. The van der Waals surface area contributed by atoms with Gasteiger partial charge in [0.15, 0.2) is 5.82 Å². The van der Waals surface area contributed by atoms with Gasteiger partial charge in [-0.25, -0.2) is 9.78 Å². The summed E-state index contributed by atoms with van der Waals surface area (Å²) in [4.78, 5) is 14.7. The molecule has 6 heteroatoms. The van der Waals surface area contributed by atoms with Crippen molar-refractivity contribution >= 4 is 11.7 Å². The van der Waals surface area contributed by atoms with Gasteiger partial charge < -0.3 is 10.4 Å². The van der Waals surface area contributed by atoms with Crippen LogP contribution >= 0.6 is 0 Å². The molecule has 1 aromatic heterocycles. The van der Waals surface area contributed by atoms with Crippen LogP contribution in [0.2, 0.25) is 0 Å². The van der Waals surface area contributed by atoms with E-state index in [1.54, 1.807) is 42.3 Å². The van der Waals surface area contributed by atoms with Crippen molar-refractivity contribution in [1.29, 1.82) is 0 Å². The smallest absolute Gasteiger partial charge is 0.335 e. The monoisotopic (exact) mass is 232 g/mol. The van der Waals surface area contributed by atoms with E-state index in [0.29, 0.717) is 12.4 Å². The van der Waals surface area contributed by atoms with E-state index in [2.05, 4.69) is 15.4 Å². The number of carboxylic acids is 1. The number of nitrogens with one attached hydrogen (secondary N) is 1. The van der Waals surface area contributed by atoms with Crippen LogP contribution in [0.3, 0.4) is 0 Å². The molecule has 0 saturated heterocycles. The maximum atomic E-state index is 10.7.